The fraction of sp³-hybridized carbons (Fsp3) is 0.867. The number of quaternary nitrogens is 1. The van der Waals surface area contributed by atoms with Crippen LogP contribution in [0.1, 0.15) is 55.4 Å². The molecule has 23 heavy (non-hydrogen) atoms. The summed E-state index contributed by atoms with van der Waals surface area (Å²) in [6.45, 7) is 18.1. The second-order valence-corrected chi connectivity index (χ2v) is 7.47. The third-order valence-electron chi connectivity index (χ3n) is 3.75. The third-order valence-corrected chi connectivity index (χ3v) is 4.16. The molecule has 0 bridgehead atoms. The summed E-state index contributed by atoms with van der Waals surface area (Å²) in [4.78, 5) is 4.05. The molecule has 0 saturated heterocycles. The van der Waals surface area contributed by atoms with Gasteiger partial charge in [0, 0.05) is 12.1 Å². The average molecular weight is 361 g/mol. The molecule has 1 N–H and O–H groups in total. The van der Waals surface area contributed by atoms with Gasteiger partial charge in [0.15, 0.2) is 6.04 Å². The van der Waals surface area contributed by atoms with Crippen molar-refractivity contribution >= 4 is 18.9 Å². The minimum Gasteiger partial charge on any atom is -0.418 e. The van der Waals surface area contributed by atoms with Crippen LogP contribution < -0.4 is 4.90 Å². The normalized spacial score (nSPS) is 18.3. The number of rotatable bonds is 6. The Morgan fingerprint density at radius 3 is 1.39 bits per heavy atom. The highest BCUT2D eigenvalue weighted by atomic mass is 35.5. The zero-order valence-corrected chi connectivity index (χ0v) is 16.1. The fourth-order valence-corrected chi connectivity index (χ4v) is 3.63. The number of halogens is 5. The third kappa shape index (κ3) is 7.33. The van der Waals surface area contributed by atoms with Gasteiger partial charge in [-0.15, -0.1) is 0 Å². The van der Waals surface area contributed by atoms with Crippen molar-refractivity contribution < 1.29 is 22.2 Å². The molecule has 0 saturated carbocycles. The number of nitrogens with one attached hydrogen (secondary N) is 1. The topological polar surface area (TPSA) is 7.68 Å². The Labute approximate surface area is 142 Å². The van der Waals surface area contributed by atoms with E-state index in [0.717, 1.165) is 5.03 Å². The molecule has 1 aliphatic rings. The first kappa shape index (κ1) is 22.6. The quantitative estimate of drug-likeness (QED) is 0.557. The minimum absolute atomic E-state index is 0.427. The summed E-state index contributed by atoms with van der Waals surface area (Å²) in [7, 11) is -6.00. The van der Waals surface area contributed by atoms with Gasteiger partial charge in [0.25, 0.3) is 0 Å². The van der Waals surface area contributed by atoms with Gasteiger partial charge in [-0.05, 0) is 55.4 Å². The predicted molar refractivity (Wildman–Crippen MR) is 90.2 cm³/mol. The van der Waals surface area contributed by atoms with E-state index in [1.165, 1.54) is 5.70 Å². The molecule has 0 aromatic heterocycles. The van der Waals surface area contributed by atoms with Gasteiger partial charge in [-0.1, -0.05) is 11.6 Å². The fourth-order valence-electron chi connectivity index (χ4n) is 3.25. The summed E-state index contributed by atoms with van der Waals surface area (Å²) in [6, 6.07) is 2.65. The van der Waals surface area contributed by atoms with Gasteiger partial charge in [-0.25, -0.2) is 0 Å². The Kier molecular flexibility index (Phi) is 8.45. The first-order valence-electron chi connectivity index (χ1n) is 8.11. The second kappa shape index (κ2) is 8.61. The molecule has 0 radical (unpaired) electrons. The summed E-state index contributed by atoms with van der Waals surface area (Å²) < 4.78 is 39.0. The van der Waals surface area contributed by atoms with E-state index in [9.17, 15) is 17.3 Å². The number of hydrogen-bond acceptors (Lipinski definition) is 1. The van der Waals surface area contributed by atoms with Crippen molar-refractivity contribution in [2.75, 3.05) is 0 Å². The number of hydrogen-bond donors (Lipinski definition) is 1. The predicted octanol–water partition coefficient (Wildman–Crippen LogP) is 3.94. The van der Waals surface area contributed by atoms with E-state index in [-0.39, 0.29) is 0 Å². The lowest BCUT2D eigenvalue weighted by atomic mass is 10.2. The molecular weight excluding hydrogens is 330 g/mol. The molecule has 2 nitrogen and oxygen atoms in total. The standard InChI is InChI=1S/C15H29ClN2.BF4/c1-9(2)17(10(3)4)14-13(16)15(14)18(11(5)6)12(7)8;2-1(3,4)5/h9-12,14H,1-8H3;/q;-1/p+1. The van der Waals surface area contributed by atoms with E-state index in [0.29, 0.717) is 30.2 Å². The Morgan fingerprint density at radius 1 is 0.870 bits per heavy atom. The molecule has 0 spiro atoms. The molecule has 8 heteroatoms. The Balaban J connectivity index is 0.000000841. The van der Waals surface area contributed by atoms with Crippen LogP contribution in [-0.4, -0.2) is 42.4 Å². The maximum atomic E-state index is 9.75. The van der Waals surface area contributed by atoms with Crippen molar-refractivity contribution in [3.8, 4) is 0 Å². The van der Waals surface area contributed by atoms with Crippen LogP contribution in [0.2, 0.25) is 0 Å². The molecular formula is C15H30BClF4N2. The zero-order chi connectivity index (χ0) is 18.7. The molecule has 0 heterocycles. The first-order valence-corrected chi connectivity index (χ1v) is 8.49. The van der Waals surface area contributed by atoms with E-state index in [1.54, 1.807) is 4.90 Å². The van der Waals surface area contributed by atoms with Gasteiger partial charge < -0.3 is 27.1 Å². The summed E-state index contributed by atoms with van der Waals surface area (Å²) in [5.41, 5.74) is 1.37. The first-order chi connectivity index (χ1) is 10.2. The van der Waals surface area contributed by atoms with Crippen molar-refractivity contribution in [1.82, 2.24) is 4.90 Å². The van der Waals surface area contributed by atoms with Crippen LogP contribution >= 0.6 is 11.6 Å². The Hall–Kier alpha value is -0.425. The van der Waals surface area contributed by atoms with Gasteiger partial charge in [-0.2, -0.15) is 0 Å². The second-order valence-electron chi connectivity index (χ2n) is 7.07. The average Bonchev–Trinajstić information content (AvgIpc) is 2.85. The van der Waals surface area contributed by atoms with Crippen LogP contribution in [-0.2, 0) is 0 Å². The summed E-state index contributed by atoms with van der Waals surface area (Å²) in [5, 5.41) is 1.08. The highest BCUT2D eigenvalue weighted by molar-refractivity contribution is 6.50. The largest absolute Gasteiger partial charge is 0.673 e. The van der Waals surface area contributed by atoms with Gasteiger partial charge in [0.2, 0.25) is 0 Å². The molecule has 0 aromatic carbocycles. The number of nitrogens with zero attached hydrogens (tertiary/aromatic N) is 1. The van der Waals surface area contributed by atoms with Crippen molar-refractivity contribution in [2.45, 2.75) is 85.6 Å². The van der Waals surface area contributed by atoms with Crippen LogP contribution in [0.15, 0.2) is 10.7 Å². The Morgan fingerprint density at radius 2 is 1.17 bits per heavy atom. The molecule has 1 atom stereocenters. The molecule has 138 valence electrons. The lowest BCUT2D eigenvalue weighted by Gasteiger charge is -2.34. The molecule has 1 aliphatic carbocycles. The molecule has 1 unspecified atom stereocenters. The van der Waals surface area contributed by atoms with Crippen molar-refractivity contribution in [2.24, 2.45) is 0 Å². The van der Waals surface area contributed by atoms with E-state index >= 15 is 0 Å². The van der Waals surface area contributed by atoms with Gasteiger partial charge in [-0.3, -0.25) is 0 Å². The molecule has 0 amide bonds. The van der Waals surface area contributed by atoms with Gasteiger partial charge in [0.1, 0.15) is 5.03 Å². The van der Waals surface area contributed by atoms with E-state index in [1.807, 2.05) is 0 Å². The smallest absolute Gasteiger partial charge is 0.418 e. The zero-order valence-electron chi connectivity index (χ0n) is 15.3. The highest BCUT2D eigenvalue weighted by Gasteiger charge is 2.50. The maximum Gasteiger partial charge on any atom is 0.673 e. The summed E-state index contributed by atoms with van der Waals surface area (Å²) >= 11 is 6.50. The van der Waals surface area contributed by atoms with Gasteiger partial charge >= 0.3 is 7.25 Å². The molecule has 1 rings (SSSR count). The molecule has 0 fully saturated rings. The van der Waals surface area contributed by atoms with Crippen LogP contribution in [0.3, 0.4) is 0 Å². The maximum absolute atomic E-state index is 9.75. The van der Waals surface area contributed by atoms with E-state index in [2.05, 4.69) is 60.3 Å². The van der Waals surface area contributed by atoms with Crippen LogP contribution in [0, 0.1) is 0 Å². The monoisotopic (exact) mass is 360 g/mol. The lowest BCUT2D eigenvalue weighted by molar-refractivity contribution is -0.950. The molecule has 0 aliphatic heterocycles. The van der Waals surface area contributed by atoms with Crippen LogP contribution in [0.4, 0.5) is 17.3 Å². The Bertz CT molecular complexity index is 387. The van der Waals surface area contributed by atoms with Crippen molar-refractivity contribution in [1.29, 1.82) is 0 Å². The van der Waals surface area contributed by atoms with E-state index < -0.39 is 7.25 Å². The molecule has 0 aromatic rings. The van der Waals surface area contributed by atoms with E-state index in [4.69, 9.17) is 11.6 Å². The van der Waals surface area contributed by atoms with Crippen LogP contribution in [0.5, 0.6) is 0 Å². The highest BCUT2D eigenvalue weighted by Crippen LogP contribution is 2.38. The summed E-state index contributed by atoms with van der Waals surface area (Å²) in [5.74, 6) is 0. The van der Waals surface area contributed by atoms with Crippen molar-refractivity contribution in [3.63, 3.8) is 0 Å². The van der Waals surface area contributed by atoms with Gasteiger partial charge in [0.05, 0.1) is 17.8 Å². The summed E-state index contributed by atoms with van der Waals surface area (Å²) in [6.07, 6.45) is 0. The van der Waals surface area contributed by atoms with Crippen molar-refractivity contribution in [3.05, 3.63) is 10.7 Å². The minimum atomic E-state index is -6.00. The van der Waals surface area contributed by atoms with Crippen LogP contribution in [0.25, 0.3) is 0 Å². The SMILES string of the molecule is CC(C)N(C1=C(Cl)C1[NH+](C(C)C)C(C)C)C(C)C.F[B-](F)(F)F. The lowest BCUT2D eigenvalue weighted by Crippen LogP contribution is -3.19.